The van der Waals surface area contributed by atoms with Crippen LogP contribution >= 0.6 is 11.6 Å². The molecule has 7 heteroatoms. The predicted molar refractivity (Wildman–Crippen MR) is 83.5 cm³/mol. The third-order valence-corrected chi connectivity index (χ3v) is 4.32. The number of rotatable bonds is 5. The summed E-state index contributed by atoms with van der Waals surface area (Å²) in [6, 6.07) is 3.39. The van der Waals surface area contributed by atoms with Crippen LogP contribution in [0.15, 0.2) is 17.1 Å². The number of fused-ring (bicyclic) bond motifs is 2. The number of aliphatic imine (C=N–C) groups is 1. The van der Waals surface area contributed by atoms with Crippen molar-refractivity contribution in [3.8, 4) is 5.75 Å². The van der Waals surface area contributed by atoms with Crippen molar-refractivity contribution in [3.63, 3.8) is 0 Å². The SMILES string of the molecule is CC1C(=O)NC2=Nc3ccc(OCCCCO)c(Cl)c3CN21. The van der Waals surface area contributed by atoms with Gasteiger partial charge in [-0.15, -0.1) is 0 Å². The van der Waals surface area contributed by atoms with Crippen molar-refractivity contribution >= 4 is 29.2 Å². The molecule has 2 aliphatic rings. The number of ether oxygens (including phenoxy) is 1. The van der Waals surface area contributed by atoms with Gasteiger partial charge in [0.1, 0.15) is 11.8 Å². The van der Waals surface area contributed by atoms with Crippen molar-refractivity contribution in [1.29, 1.82) is 0 Å². The molecule has 118 valence electrons. The Morgan fingerprint density at radius 2 is 2.32 bits per heavy atom. The molecule has 2 N–H and O–H groups in total. The number of aliphatic hydroxyl groups excluding tert-OH is 1. The lowest BCUT2D eigenvalue weighted by Gasteiger charge is -2.27. The average Bonchev–Trinajstić information content (AvgIpc) is 2.79. The lowest BCUT2D eigenvalue weighted by Crippen LogP contribution is -2.35. The van der Waals surface area contributed by atoms with Crippen molar-refractivity contribution in [2.24, 2.45) is 4.99 Å². The van der Waals surface area contributed by atoms with E-state index in [1.165, 1.54) is 0 Å². The van der Waals surface area contributed by atoms with Gasteiger partial charge in [0, 0.05) is 12.2 Å². The summed E-state index contributed by atoms with van der Waals surface area (Å²) in [5.41, 5.74) is 1.63. The van der Waals surface area contributed by atoms with E-state index in [4.69, 9.17) is 21.4 Å². The van der Waals surface area contributed by atoms with Crippen LogP contribution in [0.2, 0.25) is 5.02 Å². The summed E-state index contributed by atoms with van der Waals surface area (Å²) in [7, 11) is 0. The molecule has 0 aliphatic carbocycles. The topological polar surface area (TPSA) is 74.2 Å². The van der Waals surface area contributed by atoms with Crippen LogP contribution in [0.5, 0.6) is 5.75 Å². The highest BCUT2D eigenvalue weighted by Gasteiger charge is 2.36. The smallest absolute Gasteiger partial charge is 0.249 e. The van der Waals surface area contributed by atoms with E-state index in [1.807, 2.05) is 17.9 Å². The van der Waals surface area contributed by atoms with Gasteiger partial charge in [0.15, 0.2) is 0 Å². The lowest BCUT2D eigenvalue weighted by molar-refractivity contribution is -0.121. The quantitative estimate of drug-likeness (QED) is 0.811. The Kier molecular flexibility index (Phi) is 4.22. The number of unbranched alkanes of at least 4 members (excludes halogenated alkanes) is 1. The van der Waals surface area contributed by atoms with E-state index in [-0.39, 0.29) is 18.6 Å². The fourth-order valence-electron chi connectivity index (χ4n) is 2.55. The summed E-state index contributed by atoms with van der Waals surface area (Å²) >= 11 is 6.44. The second-order valence-electron chi connectivity index (χ2n) is 5.38. The molecule has 1 unspecified atom stereocenters. The van der Waals surface area contributed by atoms with Gasteiger partial charge in [-0.3, -0.25) is 10.1 Å². The first kappa shape index (κ1) is 15.1. The minimum atomic E-state index is -0.253. The highest BCUT2D eigenvalue weighted by Crippen LogP contribution is 2.39. The maximum absolute atomic E-state index is 11.7. The maximum Gasteiger partial charge on any atom is 0.249 e. The predicted octanol–water partition coefficient (Wildman–Crippen LogP) is 1.81. The van der Waals surface area contributed by atoms with Gasteiger partial charge < -0.3 is 14.7 Å². The molecule has 1 fully saturated rings. The van der Waals surface area contributed by atoms with Gasteiger partial charge in [0.05, 0.1) is 23.9 Å². The van der Waals surface area contributed by atoms with Crippen LogP contribution in [-0.2, 0) is 11.3 Å². The Bertz CT molecular complexity index is 633. The normalized spacial score (nSPS) is 19.4. The van der Waals surface area contributed by atoms with Crippen LogP contribution in [0.25, 0.3) is 0 Å². The van der Waals surface area contributed by atoms with Crippen LogP contribution in [0, 0.1) is 0 Å². The maximum atomic E-state index is 11.7. The van der Waals surface area contributed by atoms with E-state index in [0.29, 0.717) is 36.3 Å². The molecule has 6 nitrogen and oxygen atoms in total. The monoisotopic (exact) mass is 323 g/mol. The molecule has 0 aromatic heterocycles. The average molecular weight is 324 g/mol. The summed E-state index contributed by atoms with van der Waals surface area (Å²) in [5, 5.41) is 12.1. The second-order valence-corrected chi connectivity index (χ2v) is 5.76. The number of amides is 1. The number of halogens is 1. The molecule has 1 aromatic rings. The Morgan fingerprint density at radius 1 is 1.50 bits per heavy atom. The van der Waals surface area contributed by atoms with Gasteiger partial charge in [-0.25, -0.2) is 4.99 Å². The molecule has 2 aliphatic heterocycles. The molecule has 1 aromatic carbocycles. The summed E-state index contributed by atoms with van der Waals surface area (Å²) in [6.45, 7) is 3.03. The molecule has 3 rings (SSSR count). The largest absolute Gasteiger partial charge is 0.492 e. The molecular formula is C15H18ClN3O3. The Morgan fingerprint density at radius 3 is 3.09 bits per heavy atom. The van der Waals surface area contributed by atoms with Gasteiger partial charge >= 0.3 is 0 Å². The number of guanidine groups is 1. The minimum Gasteiger partial charge on any atom is -0.492 e. The van der Waals surface area contributed by atoms with E-state index in [9.17, 15) is 4.79 Å². The first-order valence-electron chi connectivity index (χ1n) is 7.33. The van der Waals surface area contributed by atoms with E-state index in [2.05, 4.69) is 10.3 Å². The third-order valence-electron chi connectivity index (χ3n) is 3.90. The number of carbonyl (C=O) groups is 1. The number of nitrogens with one attached hydrogen (secondary N) is 1. The van der Waals surface area contributed by atoms with Crippen molar-refractivity contribution in [2.75, 3.05) is 13.2 Å². The Hall–Kier alpha value is -1.79. The van der Waals surface area contributed by atoms with Gasteiger partial charge in [-0.05, 0) is 31.9 Å². The summed E-state index contributed by atoms with van der Waals surface area (Å²) in [4.78, 5) is 18.1. The lowest BCUT2D eigenvalue weighted by atomic mass is 10.1. The van der Waals surface area contributed by atoms with E-state index in [0.717, 1.165) is 17.7 Å². The molecule has 0 bridgehead atoms. The first-order chi connectivity index (χ1) is 10.6. The molecule has 0 saturated carbocycles. The van der Waals surface area contributed by atoms with Gasteiger partial charge in [0.2, 0.25) is 11.9 Å². The summed E-state index contributed by atoms with van der Waals surface area (Å²) < 4.78 is 5.67. The third kappa shape index (κ3) is 2.64. The fraction of sp³-hybridized carbons (Fsp3) is 0.467. The molecule has 1 saturated heterocycles. The summed E-state index contributed by atoms with van der Waals surface area (Å²) in [5.74, 6) is 1.14. The number of benzene rings is 1. The Labute approximate surface area is 133 Å². The van der Waals surface area contributed by atoms with Crippen molar-refractivity contribution in [3.05, 3.63) is 22.7 Å². The van der Waals surface area contributed by atoms with Gasteiger partial charge in [-0.1, -0.05) is 11.6 Å². The van der Waals surface area contributed by atoms with Crippen molar-refractivity contribution in [1.82, 2.24) is 10.2 Å². The van der Waals surface area contributed by atoms with Crippen molar-refractivity contribution in [2.45, 2.75) is 32.4 Å². The standard InChI is InChI=1S/C15H18ClN3O3/c1-9-14(21)18-15-17-11-4-5-12(22-7-3-2-6-20)13(16)10(11)8-19(9)15/h4-5,9,20H,2-3,6-8H2,1H3,(H,17,18,21). The van der Waals surface area contributed by atoms with Crippen molar-refractivity contribution < 1.29 is 14.6 Å². The zero-order valence-electron chi connectivity index (χ0n) is 12.3. The zero-order chi connectivity index (χ0) is 15.7. The number of carbonyl (C=O) groups excluding carboxylic acids is 1. The highest BCUT2D eigenvalue weighted by molar-refractivity contribution is 6.33. The van der Waals surface area contributed by atoms with Gasteiger partial charge in [-0.2, -0.15) is 0 Å². The number of nitrogens with zero attached hydrogens (tertiary/aromatic N) is 2. The van der Waals surface area contributed by atoms with Gasteiger partial charge in [0.25, 0.3) is 0 Å². The van der Waals surface area contributed by atoms with E-state index >= 15 is 0 Å². The first-order valence-corrected chi connectivity index (χ1v) is 7.71. The fourth-order valence-corrected chi connectivity index (χ4v) is 2.83. The molecular weight excluding hydrogens is 306 g/mol. The minimum absolute atomic E-state index is 0.0526. The van der Waals surface area contributed by atoms with Crippen LogP contribution in [0.1, 0.15) is 25.3 Å². The second kappa shape index (κ2) is 6.14. The van der Waals surface area contributed by atoms with E-state index < -0.39 is 0 Å². The number of hydrogen-bond donors (Lipinski definition) is 2. The molecule has 0 radical (unpaired) electrons. The molecule has 1 amide bonds. The molecule has 0 spiro atoms. The molecule has 2 heterocycles. The van der Waals surface area contributed by atoms with Crippen LogP contribution < -0.4 is 10.1 Å². The highest BCUT2D eigenvalue weighted by atomic mass is 35.5. The zero-order valence-corrected chi connectivity index (χ0v) is 13.1. The molecule has 1 atom stereocenters. The number of hydrogen-bond acceptors (Lipinski definition) is 5. The Balaban J connectivity index is 1.81. The number of aliphatic hydroxyl groups is 1. The van der Waals surface area contributed by atoms with Crippen LogP contribution in [-0.4, -0.2) is 41.1 Å². The summed E-state index contributed by atoms with van der Waals surface area (Å²) in [6.07, 6.45) is 1.48. The van der Waals surface area contributed by atoms with E-state index in [1.54, 1.807) is 6.07 Å². The molecule has 22 heavy (non-hydrogen) atoms. The van der Waals surface area contributed by atoms with Crippen LogP contribution in [0.3, 0.4) is 0 Å². The van der Waals surface area contributed by atoms with Crippen LogP contribution in [0.4, 0.5) is 5.69 Å².